The van der Waals surface area contributed by atoms with Gasteiger partial charge in [-0.15, -0.1) is 0 Å². The molecule has 0 spiro atoms. The van der Waals surface area contributed by atoms with Crippen molar-refractivity contribution in [1.82, 2.24) is 10.6 Å². The van der Waals surface area contributed by atoms with Crippen LogP contribution in [-0.4, -0.2) is 32.7 Å². The second-order valence-corrected chi connectivity index (χ2v) is 4.07. The topological polar surface area (TPSA) is 50.4 Å². The van der Waals surface area contributed by atoms with Crippen molar-refractivity contribution in [1.29, 1.82) is 0 Å². The van der Waals surface area contributed by atoms with Crippen LogP contribution in [0.15, 0.2) is 24.3 Å². The van der Waals surface area contributed by atoms with Crippen LogP contribution in [0, 0.1) is 0 Å². The number of hydrogen-bond donors (Lipinski definition) is 2. The second-order valence-electron chi connectivity index (χ2n) is 4.07. The van der Waals surface area contributed by atoms with E-state index in [1.54, 1.807) is 7.11 Å². The van der Waals surface area contributed by atoms with Gasteiger partial charge < -0.3 is 15.4 Å². The molecular weight excluding hydrogens is 228 g/mol. The Morgan fingerprint density at radius 1 is 1.28 bits per heavy atom. The van der Waals surface area contributed by atoms with E-state index in [1.807, 2.05) is 12.1 Å². The molecule has 0 atom stereocenters. The van der Waals surface area contributed by atoms with Crippen molar-refractivity contribution in [3.05, 3.63) is 35.4 Å². The number of nitrogens with one attached hydrogen (secondary N) is 2. The predicted molar refractivity (Wildman–Crippen MR) is 72.4 cm³/mol. The van der Waals surface area contributed by atoms with E-state index >= 15 is 0 Å². The summed E-state index contributed by atoms with van der Waals surface area (Å²) in [6.45, 7) is 4.30. The van der Waals surface area contributed by atoms with E-state index < -0.39 is 0 Å². The van der Waals surface area contributed by atoms with Crippen molar-refractivity contribution in [2.24, 2.45) is 0 Å². The summed E-state index contributed by atoms with van der Waals surface area (Å²) < 4.78 is 4.86. The second kappa shape index (κ2) is 8.66. The molecule has 100 valence electrons. The number of ether oxygens (including phenoxy) is 1. The third-order valence-corrected chi connectivity index (χ3v) is 2.73. The highest BCUT2D eigenvalue weighted by Gasteiger charge is 2.02. The average molecular weight is 250 g/mol. The number of benzene rings is 1. The van der Waals surface area contributed by atoms with E-state index in [-0.39, 0.29) is 5.91 Å². The Morgan fingerprint density at radius 3 is 2.67 bits per heavy atom. The SMILES string of the molecule is CCc1ccccc1CNCC(=O)NCCOC. The zero-order valence-electron chi connectivity index (χ0n) is 11.2. The van der Waals surface area contributed by atoms with E-state index in [9.17, 15) is 4.79 Å². The fraction of sp³-hybridized carbons (Fsp3) is 0.500. The Bertz CT molecular complexity index is 367. The minimum Gasteiger partial charge on any atom is -0.383 e. The first-order valence-corrected chi connectivity index (χ1v) is 6.31. The summed E-state index contributed by atoms with van der Waals surface area (Å²) in [5.74, 6) is 0.000953. The molecular formula is C14H22N2O2. The molecule has 0 aliphatic carbocycles. The molecule has 0 saturated carbocycles. The summed E-state index contributed by atoms with van der Waals surface area (Å²) in [5.41, 5.74) is 2.58. The first-order chi connectivity index (χ1) is 8.77. The predicted octanol–water partition coefficient (Wildman–Crippen LogP) is 1.10. The zero-order chi connectivity index (χ0) is 13.2. The molecule has 1 aromatic carbocycles. The third-order valence-electron chi connectivity index (χ3n) is 2.73. The Hall–Kier alpha value is -1.39. The summed E-state index contributed by atoms with van der Waals surface area (Å²) in [6, 6.07) is 8.28. The molecule has 18 heavy (non-hydrogen) atoms. The molecule has 1 aromatic rings. The lowest BCUT2D eigenvalue weighted by atomic mass is 10.1. The van der Waals surface area contributed by atoms with E-state index in [1.165, 1.54) is 11.1 Å². The van der Waals surface area contributed by atoms with E-state index in [4.69, 9.17) is 4.74 Å². The van der Waals surface area contributed by atoms with Crippen molar-refractivity contribution < 1.29 is 9.53 Å². The van der Waals surface area contributed by atoms with Crippen LogP contribution in [0.25, 0.3) is 0 Å². The van der Waals surface area contributed by atoms with Crippen LogP contribution in [0.4, 0.5) is 0 Å². The van der Waals surface area contributed by atoms with Gasteiger partial charge in [0.2, 0.25) is 5.91 Å². The first-order valence-electron chi connectivity index (χ1n) is 6.31. The summed E-state index contributed by atoms with van der Waals surface area (Å²) in [4.78, 5) is 11.4. The maximum absolute atomic E-state index is 11.4. The molecule has 1 rings (SSSR count). The minimum atomic E-state index is 0.000953. The normalized spacial score (nSPS) is 10.3. The van der Waals surface area contributed by atoms with Gasteiger partial charge in [0.15, 0.2) is 0 Å². The molecule has 0 bridgehead atoms. The standard InChI is InChI=1S/C14H22N2O2/c1-3-12-6-4-5-7-13(12)10-15-11-14(17)16-8-9-18-2/h4-7,15H,3,8-11H2,1-2H3,(H,16,17). The van der Waals surface area contributed by atoms with Crippen LogP contribution in [0.5, 0.6) is 0 Å². The number of aryl methyl sites for hydroxylation is 1. The molecule has 0 aliphatic rings. The van der Waals surface area contributed by atoms with Crippen LogP contribution < -0.4 is 10.6 Å². The fourth-order valence-electron chi connectivity index (χ4n) is 1.74. The lowest BCUT2D eigenvalue weighted by Gasteiger charge is -2.09. The van der Waals surface area contributed by atoms with Crippen molar-refractivity contribution in [2.45, 2.75) is 19.9 Å². The summed E-state index contributed by atoms with van der Waals surface area (Å²) in [7, 11) is 1.62. The number of amides is 1. The molecule has 1 amide bonds. The van der Waals surface area contributed by atoms with Gasteiger partial charge in [-0.3, -0.25) is 4.79 Å². The third kappa shape index (κ3) is 5.29. The van der Waals surface area contributed by atoms with Crippen LogP contribution in [0.1, 0.15) is 18.1 Å². The fourth-order valence-corrected chi connectivity index (χ4v) is 1.74. The quantitative estimate of drug-likeness (QED) is 0.679. The van der Waals surface area contributed by atoms with Crippen LogP contribution in [0.2, 0.25) is 0 Å². The van der Waals surface area contributed by atoms with E-state index in [0.29, 0.717) is 19.7 Å². The van der Waals surface area contributed by atoms with Gasteiger partial charge in [0.1, 0.15) is 0 Å². The summed E-state index contributed by atoms with van der Waals surface area (Å²) >= 11 is 0. The van der Waals surface area contributed by atoms with Crippen molar-refractivity contribution in [2.75, 3.05) is 26.8 Å². The largest absolute Gasteiger partial charge is 0.383 e. The number of rotatable bonds is 8. The molecule has 0 radical (unpaired) electrons. The maximum Gasteiger partial charge on any atom is 0.234 e. The summed E-state index contributed by atoms with van der Waals surface area (Å²) in [6.07, 6.45) is 1.01. The molecule has 2 N–H and O–H groups in total. The number of hydrogen-bond acceptors (Lipinski definition) is 3. The lowest BCUT2D eigenvalue weighted by molar-refractivity contribution is -0.120. The van der Waals surface area contributed by atoms with Crippen molar-refractivity contribution >= 4 is 5.91 Å². The first kappa shape index (κ1) is 14.7. The molecule has 4 nitrogen and oxygen atoms in total. The van der Waals surface area contributed by atoms with E-state index in [2.05, 4.69) is 29.7 Å². The highest BCUT2D eigenvalue weighted by Crippen LogP contribution is 2.08. The van der Waals surface area contributed by atoms with Crippen molar-refractivity contribution in [3.63, 3.8) is 0 Å². The Labute approximate surface area is 109 Å². The molecule has 0 aromatic heterocycles. The molecule has 0 aliphatic heterocycles. The molecule has 0 saturated heterocycles. The highest BCUT2D eigenvalue weighted by molar-refractivity contribution is 5.77. The van der Waals surface area contributed by atoms with Gasteiger partial charge in [0.25, 0.3) is 0 Å². The molecule has 0 fully saturated rings. The maximum atomic E-state index is 11.4. The van der Waals surface area contributed by atoms with Crippen molar-refractivity contribution in [3.8, 4) is 0 Å². The number of methoxy groups -OCH3 is 1. The highest BCUT2D eigenvalue weighted by atomic mass is 16.5. The Morgan fingerprint density at radius 2 is 2.00 bits per heavy atom. The minimum absolute atomic E-state index is 0.000953. The van der Waals surface area contributed by atoms with Crippen LogP contribution >= 0.6 is 0 Å². The van der Waals surface area contributed by atoms with Crippen LogP contribution in [0.3, 0.4) is 0 Å². The van der Waals surface area contributed by atoms with Crippen LogP contribution in [-0.2, 0) is 22.5 Å². The van der Waals surface area contributed by atoms with Gasteiger partial charge in [-0.1, -0.05) is 31.2 Å². The number of carbonyl (C=O) groups is 1. The van der Waals surface area contributed by atoms with Gasteiger partial charge >= 0.3 is 0 Å². The monoisotopic (exact) mass is 250 g/mol. The van der Waals surface area contributed by atoms with Gasteiger partial charge in [-0.2, -0.15) is 0 Å². The van der Waals surface area contributed by atoms with Gasteiger partial charge in [-0.05, 0) is 17.5 Å². The molecule has 0 heterocycles. The van der Waals surface area contributed by atoms with Gasteiger partial charge in [0, 0.05) is 20.2 Å². The molecule has 4 heteroatoms. The average Bonchev–Trinajstić information content (AvgIpc) is 2.39. The summed E-state index contributed by atoms with van der Waals surface area (Å²) in [5, 5.41) is 5.92. The number of carbonyl (C=O) groups excluding carboxylic acids is 1. The van der Waals surface area contributed by atoms with Gasteiger partial charge in [-0.25, -0.2) is 0 Å². The Kier molecular flexibility index (Phi) is 7.06. The lowest BCUT2D eigenvalue weighted by Crippen LogP contribution is -2.35. The smallest absolute Gasteiger partial charge is 0.234 e. The molecule has 0 unspecified atom stereocenters. The Balaban J connectivity index is 2.26. The zero-order valence-corrected chi connectivity index (χ0v) is 11.2. The van der Waals surface area contributed by atoms with E-state index in [0.717, 1.165) is 13.0 Å². The van der Waals surface area contributed by atoms with Gasteiger partial charge in [0.05, 0.1) is 13.2 Å².